The molecule has 5 nitrogen and oxygen atoms in total. The Morgan fingerprint density at radius 1 is 1.19 bits per heavy atom. The molecule has 0 aliphatic carbocycles. The lowest BCUT2D eigenvalue weighted by Crippen LogP contribution is -2.16. The summed E-state index contributed by atoms with van der Waals surface area (Å²) < 4.78 is 16.9. The minimum Gasteiger partial charge on any atom is -0.307 e. The molecule has 2 heterocycles. The molecule has 0 fully saturated rings. The predicted molar refractivity (Wildman–Crippen MR) is 83.0 cm³/mol. The molecule has 2 rings (SSSR count). The number of nitrogens with one attached hydrogen (secondary N) is 1. The second kappa shape index (κ2) is 7.04. The fraction of sp³-hybridized carbons (Fsp3) is 0.571. The minimum atomic E-state index is -0.275. The standard InChI is InChI=1S/C14H22FN5.ClH/c1-9(2)13-6-11(19(4)18-13)7-16-8-12-10(3)17-20(5)14(12)15;/h6,9,16H,7-8H2,1-5H3;1H. The number of hydrogen-bond donors (Lipinski definition) is 1. The Morgan fingerprint density at radius 3 is 2.33 bits per heavy atom. The van der Waals surface area contributed by atoms with Crippen molar-refractivity contribution < 1.29 is 4.39 Å². The fourth-order valence-corrected chi connectivity index (χ4v) is 2.17. The Morgan fingerprint density at radius 2 is 1.86 bits per heavy atom. The van der Waals surface area contributed by atoms with Crippen molar-refractivity contribution in [3.63, 3.8) is 0 Å². The predicted octanol–water partition coefficient (Wildman–Crippen LogP) is 2.44. The van der Waals surface area contributed by atoms with Crippen molar-refractivity contribution in [2.45, 2.75) is 39.8 Å². The van der Waals surface area contributed by atoms with Crippen molar-refractivity contribution in [1.82, 2.24) is 24.9 Å². The molecule has 0 amide bonds. The van der Waals surface area contributed by atoms with Gasteiger partial charge in [-0.2, -0.15) is 14.6 Å². The van der Waals surface area contributed by atoms with E-state index in [-0.39, 0.29) is 18.4 Å². The van der Waals surface area contributed by atoms with Gasteiger partial charge in [-0.25, -0.2) is 4.68 Å². The van der Waals surface area contributed by atoms with E-state index < -0.39 is 0 Å². The van der Waals surface area contributed by atoms with E-state index in [0.29, 0.717) is 24.6 Å². The minimum absolute atomic E-state index is 0. The molecule has 2 aromatic rings. The number of rotatable bonds is 5. The zero-order valence-corrected chi connectivity index (χ0v) is 14.0. The number of aryl methyl sites for hydroxylation is 3. The zero-order chi connectivity index (χ0) is 14.9. The van der Waals surface area contributed by atoms with Crippen molar-refractivity contribution >= 4 is 12.4 Å². The van der Waals surface area contributed by atoms with E-state index in [1.807, 2.05) is 18.7 Å². The number of hydrogen-bond acceptors (Lipinski definition) is 3. The van der Waals surface area contributed by atoms with Crippen LogP contribution in [0.15, 0.2) is 6.07 Å². The molecule has 0 atom stereocenters. The van der Waals surface area contributed by atoms with Crippen LogP contribution in [-0.2, 0) is 27.2 Å². The van der Waals surface area contributed by atoms with Gasteiger partial charge in [-0.05, 0) is 18.9 Å². The first-order valence-corrected chi connectivity index (χ1v) is 6.81. The van der Waals surface area contributed by atoms with Gasteiger partial charge in [-0.15, -0.1) is 12.4 Å². The lowest BCUT2D eigenvalue weighted by molar-refractivity contribution is 0.488. The molecule has 0 spiro atoms. The Bertz CT molecular complexity index is 603. The van der Waals surface area contributed by atoms with Gasteiger partial charge in [-0.1, -0.05) is 13.8 Å². The Hall–Kier alpha value is -1.40. The Labute approximate surface area is 130 Å². The van der Waals surface area contributed by atoms with Crippen molar-refractivity contribution in [1.29, 1.82) is 0 Å². The van der Waals surface area contributed by atoms with Crippen molar-refractivity contribution in [2.75, 3.05) is 0 Å². The first kappa shape index (κ1) is 17.7. The Kier molecular flexibility index (Phi) is 5.92. The average Bonchev–Trinajstić information content (AvgIpc) is 2.85. The first-order chi connectivity index (χ1) is 9.40. The molecule has 0 saturated heterocycles. The summed E-state index contributed by atoms with van der Waals surface area (Å²) in [6, 6.07) is 2.09. The third kappa shape index (κ3) is 3.83. The van der Waals surface area contributed by atoms with Gasteiger partial charge >= 0.3 is 0 Å². The second-order valence-electron chi connectivity index (χ2n) is 5.42. The van der Waals surface area contributed by atoms with Crippen LogP contribution >= 0.6 is 12.4 Å². The van der Waals surface area contributed by atoms with Gasteiger partial charge in [0.05, 0.1) is 17.1 Å². The van der Waals surface area contributed by atoms with Crippen LogP contribution in [-0.4, -0.2) is 19.6 Å². The van der Waals surface area contributed by atoms with E-state index in [1.54, 1.807) is 7.05 Å². The van der Waals surface area contributed by atoms with Gasteiger partial charge in [-0.3, -0.25) is 4.68 Å². The molecule has 7 heteroatoms. The van der Waals surface area contributed by atoms with Crippen molar-refractivity contribution in [3.05, 3.63) is 34.7 Å². The Balaban J connectivity index is 0.00000220. The molecule has 0 aliphatic heterocycles. The van der Waals surface area contributed by atoms with E-state index in [0.717, 1.165) is 17.1 Å². The van der Waals surface area contributed by atoms with Gasteiger partial charge in [0, 0.05) is 32.7 Å². The normalized spacial score (nSPS) is 11.0. The van der Waals surface area contributed by atoms with Gasteiger partial charge in [0.2, 0.25) is 5.95 Å². The van der Waals surface area contributed by atoms with Crippen LogP contribution in [0.2, 0.25) is 0 Å². The summed E-state index contributed by atoms with van der Waals surface area (Å²) in [4.78, 5) is 0. The highest BCUT2D eigenvalue weighted by Crippen LogP contribution is 2.14. The van der Waals surface area contributed by atoms with Crippen LogP contribution in [0.25, 0.3) is 0 Å². The van der Waals surface area contributed by atoms with Crippen molar-refractivity contribution in [3.8, 4) is 0 Å². The van der Waals surface area contributed by atoms with Gasteiger partial charge in [0.15, 0.2) is 0 Å². The van der Waals surface area contributed by atoms with Crippen LogP contribution in [0.5, 0.6) is 0 Å². The van der Waals surface area contributed by atoms with E-state index in [4.69, 9.17) is 0 Å². The lowest BCUT2D eigenvalue weighted by atomic mass is 10.1. The monoisotopic (exact) mass is 315 g/mol. The maximum Gasteiger partial charge on any atom is 0.215 e. The molecule has 21 heavy (non-hydrogen) atoms. The van der Waals surface area contributed by atoms with E-state index in [2.05, 4.69) is 35.4 Å². The average molecular weight is 316 g/mol. The molecule has 2 aromatic heterocycles. The summed E-state index contributed by atoms with van der Waals surface area (Å²) in [5.74, 6) is 0.135. The van der Waals surface area contributed by atoms with Gasteiger partial charge < -0.3 is 5.32 Å². The summed E-state index contributed by atoms with van der Waals surface area (Å²) in [5, 5.41) is 11.8. The molecule has 1 N–H and O–H groups in total. The first-order valence-electron chi connectivity index (χ1n) is 6.81. The highest BCUT2D eigenvalue weighted by Gasteiger charge is 2.13. The summed E-state index contributed by atoms with van der Waals surface area (Å²) in [5.41, 5.74) is 3.52. The van der Waals surface area contributed by atoms with E-state index in [1.165, 1.54) is 4.68 Å². The van der Waals surface area contributed by atoms with E-state index >= 15 is 0 Å². The maximum absolute atomic E-state index is 13.8. The van der Waals surface area contributed by atoms with Crippen molar-refractivity contribution in [2.24, 2.45) is 14.1 Å². The number of aromatic nitrogens is 4. The smallest absolute Gasteiger partial charge is 0.215 e. The molecule has 118 valence electrons. The molecule has 0 radical (unpaired) electrons. The van der Waals surface area contributed by atoms with Crippen LogP contribution in [0.4, 0.5) is 4.39 Å². The topological polar surface area (TPSA) is 47.7 Å². The largest absolute Gasteiger partial charge is 0.307 e. The van der Waals surface area contributed by atoms with Crippen LogP contribution in [0, 0.1) is 12.9 Å². The third-order valence-electron chi connectivity index (χ3n) is 3.46. The summed E-state index contributed by atoms with van der Waals surface area (Å²) in [7, 11) is 3.54. The number of halogens is 2. The quantitative estimate of drug-likeness (QED) is 0.922. The highest BCUT2D eigenvalue weighted by atomic mass is 35.5. The second-order valence-corrected chi connectivity index (χ2v) is 5.42. The molecular weight excluding hydrogens is 293 g/mol. The van der Waals surface area contributed by atoms with Gasteiger partial charge in [0.1, 0.15) is 0 Å². The fourth-order valence-electron chi connectivity index (χ4n) is 2.17. The SMILES string of the molecule is Cc1nn(C)c(F)c1CNCc1cc(C(C)C)nn1C.Cl. The molecule has 0 aromatic carbocycles. The van der Waals surface area contributed by atoms with Crippen LogP contribution in [0.3, 0.4) is 0 Å². The molecular formula is C14H23ClFN5. The summed E-state index contributed by atoms with van der Waals surface area (Å²) >= 11 is 0. The zero-order valence-electron chi connectivity index (χ0n) is 13.1. The van der Waals surface area contributed by atoms with Gasteiger partial charge in [0.25, 0.3) is 0 Å². The maximum atomic E-state index is 13.8. The summed E-state index contributed by atoms with van der Waals surface area (Å²) in [6.07, 6.45) is 0. The third-order valence-corrected chi connectivity index (χ3v) is 3.46. The molecule has 0 aliphatic rings. The number of nitrogens with zero attached hydrogens (tertiary/aromatic N) is 4. The molecule has 0 unspecified atom stereocenters. The summed E-state index contributed by atoms with van der Waals surface area (Å²) in [6.45, 7) is 7.18. The lowest BCUT2D eigenvalue weighted by Gasteiger charge is -2.04. The van der Waals surface area contributed by atoms with E-state index in [9.17, 15) is 4.39 Å². The highest BCUT2D eigenvalue weighted by molar-refractivity contribution is 5.85. The van der Waals surface area contributed by atoms with Crippen LogP contribution in [0.1, 0.15) is 42.4 Å². The van der Waals surface area contributed by atoms with Crippen LogP contribution < -0.4 is 5.32 Å². The molecule has 0 saturated carbocycles. The molecule has 0 bridgehead atoms.